The minimum Gasteiger partial charge on any atom is -0.445 e. The van der Waals surface area contributed by atoms with Crippen molar-refractivity contribution in [3.63, 3.8) is 0 Å². The molecule has 1 unspecified atom stereocenters. The van der Waals surface area contributed by atoms with Crippen molar-refractivity contribution in [3.8, 4) is 0 Å². The first-order valence-corrected chi connectivity index (χ1v) is 4.67. The van der Waals surface area contributed by atoms with E-state index in [-0.39, 0.29) is 30.1 Å². The lowest BCUT2D eigenvalue weighted by molar-refractivity contribution is 0.100. The molecule has 1 heterocycles. The summed E-state index contributed by atoms with van der Waals surface area (Å²) >= 11 is 0. The molecule has 0 spiro atoms. The lowest BCUT2D eigenvalue weighted by Crippen LogP contribution is -2.42. The van der Waals surface area contributed by atoms with Crippen LogP contribution < -0.4 is 10.6 Å². The summed E-state index contributed by atoms with van der Waals surface area (Å²) in [5, 5.41) is 5.89. The maximum Gasteiger partial charge on any atom is 0.407 e. The van der Waals surface area contributed by atoms with Crippen molar-refractivity contribution in [2.75, 3.05) is 13.1 Å². The Bertz CT molecular complexity index is 186. The smallest absolute Gasteiger partial charge is 0.407 e. The Morgan fingerprint density at radius 1 is 1.50 bits per heavy atom. The van der Waals surface area contributed by atoms with Gasteiger partial charge in [-0.25, -0.2) is 4.79 Å². The van der Waals surface area contributed by atoms with Gasteiger partial charge in [-0.1, -0.05) is 0 Å². The summed E-state index contributed by atoms with van der Waals surface area (Å²) in [5.74, 6) is 0. The van der Waals surface area contributed by atoms with Gasteiger partial charge in [0.15, 0.2) is 0 Å². The number of hydrogen-bond acceptors (Lipinski definition) is 3. The minimum atomic E-state index is -0.318. The molecule has 1 saturated heterocycles. The monoisotopic (exact) mass is 222 g/mol. The van der Waals surface area contributed by atoms with E-state index in [1.54, 1.807) is 0 Å². The zero-order valence-electron chi connectivity index (χ0n) is 8.92. The van der Waals surface area contributed by atoms with Crippen LogP contribution in [-0.2, 0) is 4.74 Å². The molecule has 0 aromatic heterocycles. The third-order valence-electron chi connectivity index (χ3n) is 1.77. The number of halogens is 1. The van der Waals surface area contributed by atoms with E-state index < -0.39 is 0 Å². The number of ether oxygens (including phenoxy) is 1. The van der Waals surface area contributed by atoms with Crippen LogP contribution in [0.15, 0.2) is 0 Å². The number of carbonyl (C=O) groups excluding carboxylic acids is 1. The molecule has 5 heteroatoms. The van der Waals surface area contributed by atoms with Crippen LogP contribution in [-0.4, -0.2) is 30.8 Å². The van der Waals surface area contributed by atoms with Crippen LogP contribution in [0.1, 0.15) is 27.2 Å². The molecular weight excluding hydrogens is 204 g/mol. The maximum atomic E-state index is 11.3. The summed E-state index contributed by atoms with van der Waals surface area (Å²) in [6, 6.07) is 0. The van der Waals surface area contributed by atoms with Crippen LogP contribution in [0.4, 0.5) is 4.79 Å². The fourth-order valence-corrected chi connectivity index (χ4v) is 1.22. The zero-order chi connectivity index (χ0) is 9.90. The van der Waals surface area contributed by atoms with Crippen molar-refractivity contribution in [2.45, 2.75) is 38.8 Å². The van der Waals surface area contributed by atoms with Crippen LogP contribution in [0.2, 0.25) is 0 Å². The molecule has 0 saturated carbocycles. The van der Waals surface area contributed by atoms with Crippen LogP contribution in [0, 0.1) is 0 Å². The van der Waals surface area contributed by atoms with Crippen molar-refractivity contribution >= 4 is 18.5 Å². The lowest BCUT2D eigenvalue weighted by Gasteiger charge is -2.21. The zero-order valence-corrected chi connectivity index (χ0v) is 9.74. The van der Waals surface area contributed by atoms with E-state index in [2.05, 4.69) is 10.6 Å². The first-order chi connectivity index (χ1) is 5.97. The number of nitrogens with one attached hydrogen (secondary N) is 2. The quantitative estimate of drug-likeness (QED) is 0.703. The average molecular weight is 223 g/mol. The van der Waals surface area contributed by atoms with Gasteiger partial charge in [0.1, 0.15) is 6.10 Å². The molecule has 0 radical (unpaired) electrons. The van der Waals surface area contributed by atoms with Crippen LogP contribution >= 0.6 is 12.4 Å². The molecule has 1 amide bonds. The number of alkyl carbamates (subject to hydrolysis) is 1. The molecule has 1 atom stereocenters. The number of rotatable bonds is 1. The summed E-state index contributed by atoms with van der Waals surface area (Å²) in [7, 11) is 0. The molecule has 0 aromatic rings. The Kier molecular flexibility index (Phi) is 5.23. The third-order valence-corrected chi connectivity index (χ3v) is 1.77. The van der Waals surface area contributed by atoms with Gasteiger partial charge in [-0.3, -0.25) is 0 Å². The first kappa shape index (κ1) is 13.5. The van der Waals surface area contributed by atoms with Crippen LogP contribution in [0.3, 0.4) is 0 Å². The fourth-order valence-electron chi connectivity index (χ4n) is 1.22. The second kappa shape index (κ2) is 5.41. The van der Waals surface area contributed by atoms with E-state index in [1.165, 1.54) is 0 Å². The molecule has 4 nitrogen and oxygen atoms in total. The van der Waals surface area contributed by atoms with E-state index >= 15 is 0 Å². The summed E-state index contributed by atoms with van der Waals surface area (Å²) in [5.41, 5.74) is -0.219. The van der Waals surface area contributed by atoms with Gasteiger partial charge in [0.05, 0.1) is 0 Å². The second-order valence-corrected chi connectivity index (χ2v) is 4.40. The predicted molar refractivity (Wildman–Crippen MR) is 57.9 cm³/mol. The molecular formula is C9H19ClN2O2. The molecule has 1 aliphatic heterocycles. The predicted octanol–water partition coefficient (Wildman–Crippen LogP) is 1.29. The highest BCUT2D eigenvalue weighted by Crippen LogP contribution is 2.05. The van der Waals surface area contributed by atoms with Gasteiger partial charge in [-0.2, -0.15) is 0 Å². The van der Waals surface area contributed by atoms with Crippen LogP contribution in [0.25, 0.3) is 0 Å². The van der Waals surface area contributed by atoms with Crippen molar-refractivity contribution in [2.24, 2.45) is 0 Å². The fraction of sp³-hybridized carbons (Fsp3) is 0.889. The third kappa shape index (κ3) is 5.29. The van der Waals surface area contributed by atoms with Gasteiger partial charge >= 0.3 is 6.09 Å². The standard InChI is InChI=1S/C9H18N2O2.ClH/c1-9(2,3)11-8(12)13-7-4-5-10-6-7;/h7,10H,4-6H2,1-3H3,(H,11,12);1H. The normalized spacial score (nSPS) is 21.2. The lowest BCUT2D eigenvalue weighted by atomic mass is 10.1. The second-order valence-electron chi connectivity index (χ2n) is 4.40. The number of hydrogen-bond donors (Lipinski definition) is 2. The van der Waals surface area contributed by atoms with Gasteiger partial charge < -0.3 is 15.4 Å². The first-order valence-electron chi connectivity index (χ1n) is 4.67. The molecule has 0 aliphatic carbocycles. The van der Waals surface area contributed by atoms with E-state index in [0.29, 0.717) is 0 Å². The SMILES string of the molecule is CC(C)(C)NC(=O)OC1CCNC1.Cl. The summed E-state index contributed by atoms with van der Waals surface area (Å²) in [6.07, 6.45) is 0.640. The molecule has 0 aromatic carbocycles. The Morgan fingerprint density at radius 2 is 2.14 bits per heavy atom. The Labute approximate surface area is 91.2 Å². The van der Waals surface area contributed by atoms with Gasteiger partial charge in [-0.05, 0) is 33.7 Å². The largest absolute Gasteiger partial charge is 0.445 e. The van der Waals surface area contributed by atoms with E-state index in [1.807, 2.05) is 20.8 Å². The van der Waals surface area contributed by atoms with Crippen molar-refractivity contribution in [1.82, 2.24) is 10.6 Å². The van der Waals surface area contributed by atoms with Crippen molar-refractivity contribution in [1.29, 1.82) is 0 Å². The molecule has 14 heavy (non-hydrogen) atoms. The van der Waals surface area contributed by atoms with Gasteiger partial charge in [-0.15, -0.1) is 12.4 Å². The molecule has 1 rings (SSSR count). The van der Waals surface area contributed by atoms with Gasteiger partial charge in [0.2, 0.25) is 0 Å². The average Bonchev–Trinajstić information content (AvgIpc) is 2.34. The molecule has 1 fully saturated rings. The van der Waals surface area contributed by atoms with Gasteiger partial charge in [0, 0.05) is 12.1 Å². The summed E-state index contributed by atoms with van der Waals surface area (Å²) in [6.45, 7) is 7.51. The Hall–Kier alpha value is -0.480. The van der Waals surface area contributed by atoms with Crippen molar-refractivity contribution in [3.05, 3.63) is 0 Å². The summed E-state index contributed by atoms with van der Waals surface area (Å²) in [4.78, 5) is 11.3. The Balaban J connectivity index is 0.00000169. The highest BCUT2D eigenvalue weighted by atomic mass is 35.5. The van der Waals surface area contributed by atoms with Crippen LogP contribution in [0.5, 0.6) is 0 Å². The highest BCUT2D eigenvalue weighted by Gasteiger charge is 2.21. The molecule has 1 aliphatic rings. The molecule has 84 valence electrons. The molecule has 0 bridgehead atoms. The number of amides is 1. The summed E-state index contributed by atoms with van der Waals surface area (Å²) < 4.78 is 5.17. The minimum absolute atomic E-state index is 0. The Morgan fingerprint density at radius 3 is 2.57 bits per heavy atom. The van der Waals surface area contributed by atoms with E-state index in [4.69, 9.17) is 4.74 Å². The van der Waals surface area contributed by atoms with E-state index in [9.17, 15) is 4.79 Å². The van der Waals surface area contributed by atoms with E-state index in [0.717, 1.165) is 19.5 Å². The highest BCUT2D eigenvalue weighted by molar-refractivity contribution is 5.85. The molecule has 2 N–H and O–H groups in total. The maximum absolute atomic E-state index is 11.3. The topological polar surface area (TPSA) is 50.4 Å². The van der Waals surface area contributed by atoms with Crippen molar-refractivity contribution < 1.29 is 9.53 Å². The van der Waals surface area contributed by atoms with Gasteiger partial charge in [0.25, 0.3) is 0 Å². The number of carbonyl (C=O) groups is 1.